The Hall–Kier alpha value is -2.60. The van der Waals surface area contributed by atoms with E-state index in [-0.39, 0.29) is 28.8 Å². The van der Waals surface area contributed by atoms with E-state index in [1.807, 2.05) is 4.90 Å². The van der Waals surface area contributed by atoms with Crippen molar-refractivity contribution in [2.45, 2.75) is 25.5 Å². The first-order valence-electron chi connectivity index (χ1n) is 10.0. The molecule has 10 nitrogen and oxygen atoms in total. The third-order valence-corrected chi connectivity index (χ3v) is 7.52. The van der Waals surface area contributed by atoms with Gasteiger partial charge in [-0.15, -0.1) is 0 Å². The Labute approximate surface area is 203 Å². The van der Waals surface area contributed by atoms with Crippen molar-refractivity contribution in [1.82, 2.24) is 25.5 Å². The Morgan fingerprint density at radius 1 is 1.30 bits per heavy atom. The maximum atomic E-state index is 12.8. The number of anilines is 1. The number of H-pyrrole nitrogens is 2. The van der Waals surface area contributed by atoms with Gasteiger partial charge in [0.15, 0.2) is 5.13 Å². The van der Waals surface area contributed by atoms with Crippen LogP contribution >= 0.6 is 34.5 Å². The highest BCUT2D eigenvalue weighted by molar-refractivity contribution is 7.17. The Morgan fingerprint density at radius 2 is 2.09 bits per heavy atom. The summed E-state index contributed by atoms with van der Waals surface area (Å²) in [4.78, 5) is 35.1. The quantitative estimate of drug-likeness (QED) is 0.432. The van der Waals surface area contributed by atoms with E-state index in [9.17, 15) is 9.59 Å². The number of amides is 1. The van der Waals surface area contributed by atoms with Crippen LogP contribution in [0.2, 0.25) is 10.0 Å². The molecule has 1 fully saturated rings. The minimum atomic E-state index is -0.467. The highest BCUT2D eigenvalue weighted by Crippen LogP contribution is 2.34. The van der Waals surface area contributed by atoms with E-state index in [2.05, 4.69) is 25.5 Å². The number of rotatable bonds is 6. The smallest absolute Gasteiger partial charge is 0.350 e. The molecule has 1 aliphatic rings. The lowest BCUT2D eigenvalue weighted by Crippen LogP contribution is -2.55. The molecule has 1 aliphatic heterocycles. The van der Waals surface area contributed by atoms with Crippen LogP contribution in [0.1, 0.15) is 32.3 Å². The van der Waals surface area contributed by atoms with Gasteiger partial charge in [-0.25, -0.2) is 9.78 Å². The second kappa shape index (κ2) is 9.72. The van der Waals surface area contributed by atoms with Gasteiger partial charge in [-0.1, -0.05) is 34.5 Å². The molecule has 0 aliphatic carbocycles. The van der Waals surface area contributed by atoms with Gasteiger partial charge in [-0.05, 0) is 19.4 Å². The molecule has 0 saturated carbocycles. The van der Waals surface area contributed by atoms with Crippen molar-refractivity contribution in [3.63, 3.8) is 0 Å². The first kappa shape index (κ1) is 23.6. The average Bonchev–Trinajstić information content (AvgIpc) is 3.55. The average molecular weight is 513 g/mol. The van der Waals surface area contributed by atoms with Crippen LogP contribution in [0.4, 0.5) is 5.13 Å². The molecule has 3 aromatic rings. The molecule has 1 saturated heterocycles. The fraction of sp³-hybridized carbons (Fsp3) is 0.400. The van der Waals surface area contributed by atoms with Gasteiger partial charge in [0.25, 0.3) is 5.91 Å². The number of esters is 1. The van der Waals surface area contributed by atoms with Crippen LogP contribution < -0.4 is 10.2 Å². The largest absolute Gasteiger partial charge is 0.465 e. The molecule has 33 heavy (non-hydrogen) atoms. The molecular formula is C20H22Cl2N6O4S. The van der Waals surface area contributed by atoms with E-state index in [0.717, 1.165) is 0 Å². The van der Waals surface area contributed by atoms with Gasteiger partial charge in [0.05, 0.1) is 35.0 Å². The third kappa shape index (κ3) is 4.58. The number of piperidine rings is 1. The summed E-state index contributed by atoms with van der Waals surface area (Å²) in [5.41, 5.74) is 1.96. The van der Waals surface area contributed by atoms with Gasteiger partial charge in [0.2, 0.25) is 0 Å². The van der Waals surface area contributed by atoms with E-state index in [0.29, 0.717) is 51.6 Å². The van der Waals surface area contributed by atoms with Gasteiger partial charge in [0, 0.05) is 32.1 Å². The van der Waals surface area contributed by atoms with Crippen LogP contribution in [0.5, 0.6) is 0 Å². The van der Waals surface area contributed by atoms with Gasteiger partial charge >= 0.3 is 5.97 Å². The van der Waals surface area contributed by atoms with Crippen LogP contribution in [0.3, 0.4) is 0 Å². The summed E-state index contributed by atoms with van der Waals surface area (Å²) in [5.74, 6) is -0.815. The van der Waals surface area contributed by atoms with E-state index < -0.39 is 5.97 Å². The zero-order valence-electron chi connectivity index (χ0n) is 18.1. The predicted molar refractivity (Wildman–Crippen MR) is 125 cm³/mol. The van der Waals surface area contributed by atoms with Crippen molar-refractivity contribution in [2.24, 2.45) is 0 Å². The van der Waals surface area contributed by atoms with Crippen molar-refractivity contribution in [2.75, 3.05) is 32.2 Å². The Bertz CT molecular complexity index is 1160. The summed E-state index contributed by atoms with van der Waals surface area (Å²) in [5, 5.41) is 10.9. The lowest BCUT2D eigenvalue weighted by atomic mass is 10.0. The number of aromatic amines is 2. The molecule has 13 heteroatoms. The molecule has 0 unspecified atom stereocenters. The fourth-order valence-electron chi connectivity index (χ4n) is 3.71. The van der Waals surface area contributed by atoms with Gasteiger partial charge in [0.1, 0.15) is 16.3 Å². The predicted octanol–water partition coefficient (Wildman–Crippen LogP) is 3.29. The van der Waals surface area contributed by atoms with E-state index in [1.54, 1.807) is 26.3 Å². The molecule has 2 atom stereocenters. The number of aromatic nitrogens is 4. The molecule has 1 amide bonds. The first-order valence-corrected chi connectivity index (χ1v) is 11.6. The van der Waals surface area contributed by atoms with Crippen molar-refractivity contribution in [3.05, 3.63) is 38.6 Å². The number of carbonyl (C=O) groups excluding carboxylic acids is 2. The summed E-state index contributed by atoms with van der Waals surface area (Å²) in [6.45, 7) is 2.81. The van der Waals surface area contributed by atoms with Crippen molar-refractivity contribution < 1.29 is 19.1 Å². The zero-order chi connectivity index (χ0) is 23.7. The lowest BCUT2D eigenvalue weighted by molar-refractivity contribution is 0.0540. The molecule has 0 spiro atoms. The maximum absolute atomic E-state index is 12.8. The number of carbonyl (C=O) groups is 2. The molecular weight excluding hydrogens is 491 g/mol. The Morgan fingerprint density at radius 3 is 2.70 bits per heavy atom. The number of methoxy groups -OCH3 is 2. The summed E-state index contributed by atoms with van der Waals surface area (Å²) >= 11 is 13.5. The van der Waals surface area contributed by atoms with Crippen LogP contribution in [0.15, 0.2) is 12.3 Å². The second-order valence-corrected chi connectivity index (χ2v) is 9.21. The molecule has 0 radical (unpaired) electrons. The molecule has 176 valence electrons. The number of halogens is 2. The minimum absolute atomic E-state index is 0.197. The number of hydrogen-bond donors (Lipinski definition) is 3. The molecule has 3 aromatic heterocycles. The number of ether oxygens (including phenoxy) is 2. The molecule has 4 heterocycles. The van der Waals surface area contributed by atoms with Gasteiger partial charge < -0.3 is 24.7 Å². The second-order valence-electron chi connectivity index (χ2n) is 7.48. The highest BCUT2D eigenvalue weighted by atomic mass is 35.5. The Kier molecular flexibility index (Phi) is 6.94. The van der Waals surface area contributed by atoms with Crippen LogP contribution in [0, 0.1) is 6.92 Å². The van der Waals surface area contributed by atoms with Crippen LogP contribution in [0.25, 0.3) is 11.4 Å². The number of aryl methyl sites for hydroxylation is 1. The van der Waals surface area contributed by atoms with E-state index in [4.69, 9.17) is 32.7 Å². The summed E-state index contributed by atoms with van der Waals surface area (Å²) in [6.07, 6.45) is 1.88. The molecule has 0 aromatic carbocycles. The minimum Gasteiger partial charge on any atom is -0.465 e. The summed E-state index contributed by atoms with van der Waals surface area (Å²) in [7, 11) is 2.92. The van der Waals surface area contributed by atoms with Crippen LogP contribution in [-0.2, 0) is 9.47 Å². The van der Waals surface area contributed by atoms with E-state index in [1.165, 1.54) is 18.4 Å². The van der Waals surface area contributed by atoms with Crippen molar-refractivity contribution in [1.29, 1.82) is 0 Å². The maximum Gasteiger partial charge on any atom is 0.350 e. The molecule has 3 N–H and O–H groups in total. The lowest BCUT2D eigenvalue weighted by Gasteiger charge is -2.37. The Balaban J connectivity index is 1.51. The molecule has 0 bridgehead atoms. The summed E-state index contributed by atoms with van der Waals surface area (Å²) < 4.78 is 10.6. The number of hydrogen-bond acceptors (Lipinski definition) is 8. The SMILES string of the molecule is COC(=O)c1sc(N2CC[C@@H](NC(=O)c3[nH]c(C)c(Cl)c3Cl)[C@@H](OC)C2)nc1-c1ccn[nH]1. The normalized spacial score (nSPS) is 18.4. The first-order chi connectivity index (χ1) is 15.8. The highest BCUT2D eigenvalue weighted by Gasteiger charge is 2.34. The standard InChI is InChI=1S/C20H22Cl2N6O4S/c1-9-13(21)14(22)16(24-9)18(29)25-10-5-7-28(8-12(10)31-2)20-26-15(11-4-6-23-27-11)17(33-20)19(30)32-3/h4,6,10,12,24H,5,7-8H2,1-3H3,(H,23,27)(H,25,29)/t10-,12+/m1/s1. The molecule has 4 rings (SSSR count). The number of nitrogens with one attached hydrogen (secondary N) is 3. The van der Waals surface area contributed by atoms with Crippen molar-refractivity contribution in [3.8, 4) is 11.4 Å². The monoisotopic (exact) mass is 512 g/mol. The number of thiazole rings is 1. The van der Waals surface area contributed by atoms with Gasteiger partial charge in [-0.3, -0.25) is 9.89 Å². The van der Waals surface area contributed by atoms with E-state index >= 15 is 0 Å². The van der Waals surface area contributed by atoms with Gasteiger partial charge in [-0.2, -0.15) is 5.10 Å². The van der Waals surface area contributed by atoms with Crippen molar-refractivity contribution >= 4 is 51.5 Å². The number of nitrogens with zero attached hydrogens (tertiary/aromatic N) is 3. The third-order valence-electron chi connectivity index (χ3n) is 5.47. The topological polar surface area (TPSA) is 125 Å². The van der Waals surface area contributed by atoms with Crippen LogP contribution in [-0.4, -0.2) is 71.5 Å². The summed E-state index contributed by atoms with van der Waals surface area (Å²) in [6, 6.07) is 1.49. The fourth-order valence-corrected chi connectivity index (χ4v) is 5.16. The zero-order valence-corrected chi connectivity index (χ0v) is 20.4.